The molecule has 1 fully saturated rings. The fourth-order valence-electron chi connectivity index (χ4n) is 2.30. The Kier molecular flexibility index (Phi) is 5.00. The van der Waals surface area contributed by atoms with Gasteiger partial charge in [-0.15, -0.1) is 0 Å². The van der Waals surface area contributed by atoms with Crippen molar-refractivity contribution in [3.05, 3.63) is 29.6 Å². The van der Waals surface area contributed by atoms with Gasteiger partial charge in [0.15, 0.2) is 0 Å². The normalized spacial score (nSPS) is 19.0. The van der Waals surface area contributed by atoms with Crippen LogP contribution in [-0.4, -0.2) is 53.8 Å². The first-order valence-electron chi connectivity index (χ1n) is 6.76. The molecule has 0 aromatic heterocycles. The minimum Gasteiger partial charge on any atom is -0.423 e. The van der Waals surface area contributed by atoms with Crippen LogP contribution in [0.2, 0.25) is 0 Å². The number of nitrogens with zero attached hydrogens (tertiary/aromatic N) is 2. The van der Waals surface area contributed by atoms with Crippen LogP contribution in [0.25, 0.3) is 0 Å². The number of halogens is 1. The van der Waals surface area contributed by atoms with Gasteiger partial charge in [0.05, 0.1) is 0 Å². The van der Waals surface area contributed by atoms with Gasteiger partial charge in [-0.25, -0.2) is 4.39 Å². The van der Waals surface area contributed by atoms with Crippen molar-refractivity contribution in [1.82, 2.24) is 8.61 Å². The molecule has 21 heavy (non-hydrogen) atoms. The molecule has 0 amide bonds. The third-order valence-electron chi connectivity index (χ3n) is 3.45. The topological polar surface area (TPSA) is 81.1 Å². The summed E-state index contributed by atoms with van der Waals surface area (Å²) in [5.74, 6) is -0.648. The van der Waals surface area contributed by atoms with Crippen molar-refractivity contribution < 1.29 is 22.9 Å². The van der Waals surface area contributed by atoms with Crippen molar-refractivity contribution in [1.29, 1.82) is 0 Å². The maximum absolute atomic E-state index is 13.9. The van der Waals surface area contributed by atoms with Crippen molar-refractivity contribution in [2.45, 2.75) is 19.9 Å². The van der Waals surface area contributed by atoms with E-state index in [2.05, 4.69) is 0 Å². The van der Waals surface area contributed by atoms with Crippen LogP contribution in [-0.2, 0) is 16.8 Å². The van der Waals surface area contributed by atoms with E-state index in [0.717, 1.165) is 12.5 Å². The van der Waals surface area contributed by atoms with Gasteiger partial charge < -0.3 is 10.0 Å². The summed E-state index contributed by atoms with van der Waals surface area (Å²) in [6, 6.07) is 3.75. The van der Waals surface area contributed by atoms with E-state index in [-0.39, 0.29) is 17.6 Å². The molecule has 1 aliphatic rings. The Morgan fingerprint density at radius 1 is 1.29 bits per heavy atom. The zero-order chi connectivity index (χ0) is 15.6. The third kappa shape index (κ3) is 3.43. The average molecular weight is 316 g/mol. The predicted molar refractivity (Wildman–Crippen MR) is 77.4 cm³/mol. The Balaban J connectivity index is 2.16. The molecule has 0 spiro atoms. The van der Waals surface area contributed by atoms with E-state index in [1.165, 1.54) is 20.7 Å². The molecule has 1 aromatic rings. The van der Waals surface area contributed by atoms with Crippen molar-refractivity contribution in [2.24, 2.45) is 0 Å². The molecule has 2 rings (SSSR count). The zero-order valence-electron chi connectivity index (χ0n) is 11.7. The molecule has 2 N–H and O–H groups in total. The summed E-state index contributed by atoms with van der Waals surface area (Å²) in [6.45, 7) is 3.03. The van der Waals surface area contributed by atoms with Gasteiger partial charge in [0.1, 0.15) is 5.82 Å². The van der Waals surface area contributed by atoms with E-state index in [9.17, 15) is 12.8 Å². The molecule has 1 aliphatic heterocycles. The first-order chi connectivity index (χ1) is 9.86. The number of rotatable bonds is 5. The molecular formula is C12H18BFN2O4S. The van der Waals surface area contributed by atoms with E-state index in [4.69, 9.17) is 10.0 Å². The summed E-state index contributed by atoms with van der Waals surface area (Å²) >= 11 is 0. The summed E-state index contributed by atoms with van der Waals surface area (Å²) in [4.78, 5) is 0. The molecule has 9 heteroatoms. The van der Waals surface area contributed by atoms with Crippen LogP contribution in [0.4, 0.5) is 4.39 Å². The molecule has 116 valence electrons. The zero-order valence-corrected chi connectivity index (χ0v) is 12.6. The van der Waals surface area contributed by atoms with Gasteiger partial charge in [0.25, 0.3) is 10.2 Å². The molecule has 0 saturated carbocycles. The first-order valence-corrected chi connectivity index (χ1v) is 8.15. The van der Waals surface area contributed by atoms with Gasteiger partial charge in [-0.3, -0.25) is 0 Å². The van der Waals surface area contributed by atoms with Crippen molar-refractivity contribution in [3.63, 3.8) is 0 Å². The molecule has 0 bridgehead atoms. The Labute approximate surface area is 124 Å². The summed E-state index contributed by atoms with van der Waals surface area (Å²) in [5, 5.41) is 18.0. The van der Waals surface area contributed by atoms with Gasteiger partial charge in [-0.1, -0.05) is 19.1 Å². The second-order valence-electron chi connectivity index (χ2n) is 4.96. The second kappa shape index (κ2) is 6.41. The van der Waals surface area contributed by atoms with Crippen LogP contribution in [0.1, 0.15) is 18.9 Å². The molecular weight excluding hydrogens is 298 g/mol. The molecule has 6 nitrogen and oxygen atoms in total. The highest BCUT2D eigenvalue weighted by molar-refractivity contribution is 7.87. The highest BCUT2D eigenvalue weighted by atomic mass is 32.2. The molecule has 0 radical (unpaired) electrons. The SMILES string of the molecule is CCCN1CCN(Cc2ccc(B(O)O)cc2F)S1(=O)=O. The number of benzene rings is 1. The largest absolute Gasteiger partial charge is 0.488 e. The van der Waals surface area contributed by atoms with Gasteiger partial charge >= 0.3 is 7.12 Å². The summed E-state index contributed by atoms with van der Waals surface area (Å²) in [5.41, 5.74) is 0.245. The Morgan fingerprint density at radius 3 is 2.52 bits per heavy atom. The second-order valence-corrected chi connectivity index (χ2v) is 6.89. The monoisotopic (exact) mass is 316 g/mol. The van der Waals surface area contributed by atoms with Crippen molar-refractivity contribution in [2.75, 3.05) is 19.6 Å². The Morgan fingerprint density at radius 2 is 1.95 bits per heavy atom. The van der Waals surface area contributed by atoms with E-state index >= 15 is 0 Å². The third-order valence-corrected chi connectivity index (χ3v) is 5.43. The standard InChI is InChI=1S/C12H18BFN2O4S/c1-2-5-15-6-7-16(21(15,19)20)9-10-3-4-11(13(17)18)8-12(10)14/h3-4,8,17-18H,2,5-7,9H2,1H3. The van der Waals surface area contributed by atoms with Crippen LogP contribution in [0.5, 0.6) is 0 Å². The fraction of sp³-hybridized carbons (Fsp3) is 0.500. The lowest BCUT2D eigenvalue weighted by molar-refractivity contribution is 0.423. The van der Waals surface area contributed by atoms with Crippen LogP contribution in [0, 0.1) is 5.82 Å². The van der Waals surface area contributed by atoms with E-state index < -0.39 is 23.1 Å². The predicted octanol–water partition coefficient (Wildman–Crippen LogP) is -0.722. The maximum Gasteiger partial charge on any atom is 0.488 e. The van der Waals surface area contributed by atoms with E-state index in [1.54, 1.807) is 0 Å². The minimum atomic E-state index is -3.53. The molecule has 1 aromatic carbocycles. The van der Waals surface area contributed by atoms with Gasteiger partial charge in [0, 0.05) is 31.7 Å². The summed E-state index contributed by atoms with van der Waals surface area (Å²) in [6.07, 6.45) is 0.727. The molecule has 0 unspecified atom stereocenters. The maximum atomic E-state index is 13.9. The van der Waals surface area contributed by atoms with Crippen molar-refractivity contribution >= 4 is 22.8 Å². The van der Waals surface area contributed by atoms with Crippen LogP contribution < -0.4 is 5.46 Å². The highest BCUT2D eigenvalue weighted by Crippen LogP contribution is 2.20. The smallest absolute Gasteiger partial charge is 0.423 e. The minimum absolute atomic E-state index is 0.0353. The lowest BCUT2D eigenvalue weighted by Crippen LogP contribution is -2.34. The van der Waals surface area contributed by atoms with Crippen molar-refractivity contribution in [3.8, 4) is 0 Å². The molecule has 1 heterocycles. The van der Waals surface area contributed by atoms with E-state index in [0.29, 0.717) is 19.6 Å². The van der Waals surface area contributed by atoms with Crippen LogP contribution >= 0.6 is 0 Å². The van der Waals surface area contributed by atoms with Crippen LogP contribution in [0.3, 0.4) is 0 Å². The number of hydrogen-bond acceptors (Lipinski definition) is 4. The van der Waals surface area contributed by atoms with Crippen LogP contribution in [0.15, 0.2) is 18.2 Å². The first kappa shape index (κ1) is 16.4. The average Bonchev–Trinajstić information content (AvgIpc) is 2.68. The Hall–Kier alpha value is -0.995. The summed E-state index contributed by atoms with van der Waals surface area (Å²) in [7, 11) is -5.28. The molecule has 0 atom stereocenters. The molecule has 1 saturated heterocycles. The van der Waals surface area contributed by atoms with Gasteiger partial charge in [-0.2, -0.15) is 17.0 Å². The lowest BCUT2D eigenvalue weighted by atomic mass is 9.80. The lowest BCUT2D eigenvalue weighted by Gasteiger charge is -2.18. The van der Waals surface area contributed by atoms with Gasteiger partial charge in [0.2, 0.25) is 0 Å². The highest BCUT2D eigenvalue weighted by Gasteiger charge is 2.36. The Bertz CT molecular complexity index is 611. The quantitative estimate of drug-likeness (QED) is 0.703. The number of hydrogen-bond donors (Lipinski definition) is 2. The van der Waals surface area contributed by atoms with E-state index in [1.807, 2.05) is 6.92 Å². The summed E-state index contributed by atoms with van der Waals surface area (Å²) < 4.78 is 41.0. The molecule has 0 aliphatic carbocycles. The fourth-order valence-corrected chi connectivity index (χ4v) is 3.96. The van der Waals surface area contributed by atoms with Gasteiger partial charge in [-0.05, 0) is 17.9 Å².